The second-order valence-electron chi connectivity index (χ2n) is 7.68. The molecule has 1 aromatic carbocycles. The van der Waals surface area contributed by atoms with Gasteiger partial charge in [-0.1, -0.05) is 0 Å². The van der Waals surface area contributed by atoms with Crippen molar-refractivity contribution in [1.82, 2.24) is 19.8 Å². The van der Waals surface area contributed by atoms with E-state index >= 15 is 0 Å². The molecule has 140 valence electrons. The number of piperidine rings is 1. The Bertz CT molecular complexity index is 1120. The summed E-state index contributed by atoms with van der Waals surface area (Å²) in [4.78, 5) is 2.58. The zero-order valence-corrected chi connectivity index (χ0v) is 16.1. The first kappa shape index (κ1) is 16.1. The molecule has 2 aliphatic rings. The van der Waals surface area contributed by atoms with Crippen LogP contribution >= 0.6 is 11.3 Å². The molecule has 1 aliphatic heterocycles. The maximum Gasteiger partial charge on any atom is 0.186 e. The Morgan fingerprint density at radius 2 is 1.93 bits per heavy atom. The molecule has 4 heterocycles. The molecule has 2 bridgehead atoms. The number of anilines is 3. The van der Waals surface area contributed by atoms with E-state index in [4.69, 9.17) is 5.10 Å². The number of hydrogen-bond donors (Lipinski definition) is 1. The van der Waals surface area contributed by atoms with Crippen LogP contribution < -0.4 is 10.2 Å². The van der Waals surface area contributed by atoms with Gasteiger partial charge in [-0.2, -0.15) is 15.9 Å². The fourth-order valence-electron chi connectivity index (χ4n) is 4.55. The standard InChI is InChI=1S/C21H20N6S/c1-4-18-11-14(1)12-26(18)17-5-2-16(3-6-17)22-19-7-8-20-23-24-21(27(20)25-19)15-9-10-28-13-15/h2-3,5-10,13-14,18H,1,4,11-12H2,(H,22,25). The number of fused-ring (bicyclic) bond motifs is 3. The highest BCUT2D eigenvalue weighted by molar-refractivity contribution is 7.08. The predicted molar refractivity (Wildman–Crippen MR) is 112 cm³/mol. The van der Waals surface area contributed by atoms with E-state index in [1.165, 1.54) is 31.5 Å². The van der Waals surface area contributed by atoms with Gasteiger partial charge in [-0.3, -0.25) is 0 Å². The normalized spacial score (nSPS) is 20.9. The van der Waals surface area contributed by atoms with Crippen molar-refractivity contribution in [1.29, 1.82) is 0 Å². The highest BCUT2D eigenvalue weighted by Gasteiger charge is 2.37. The SMILES string of the molecule is c1cc(-c2nnc3ccc(Nc4ccc(N5CC6CCC5C6)cc4)nn23)cs1. The van der Waals surface area contributed by atoms with Gasteiger partial charge < -0.3 is 10.2 Å². The summed E-state index contributed by atoms with van der Waals surface area (Å²) in [5, 5.41) is 20.7. The van der Waals surface area contributed by atoms with Crippen molar-refractivity contribution in [3.05, 3.63) is 53.2 Å². The van der Waals surface area contributed by atoms with Crippen LogP contribution in [0.3, 0.4) is 0 Å². The maximum absolute atomic E-state index is 4.69. The third kappa shape index (κ3) is 2.65. The molecule has 4 aromatic rings. The molecule has 2 atom stereocenters. The zero-order chi connectivity index (χ0) is 18.5. The molecule has 0 radical (unpaired) electrons. The van der Waals surface area contributed by atoms with Crippen molar-refractivity contribution in [3.63, 3.8) is 0 Å². The molecule has 0 amide bonds. The summed E-state index contributed by atoms with van der Waals surface area (Å²) in [6.07, 6.45) is 4.13. The fraction of sp³-hybridized carbons (Fsp3) is 0.286. The molecule has 1 aliphatic carbocycles. The fourth-order valence-corrected chi connectivity index (χ4v) is 5.19. The van der Waals surface area contributed by atoms with Crippen molar-refractivity contribution in [2.45, 2.75) is 25.3 Å². The topological polar surface area (TPSA) is 58.4 Å². The van der Waals surface area contributed by atoms with Gasteiger partial charge in [0.1, 0.15) is 0 Å². The molecule has 3 aromatic heterocycles. The smallest absolute Gasteiger partial charge is 0.186 e. The minimum absolute atomic E-state index is 0.742. The van der Waals surface area contributed by atoms with Crippen LogP contribution in [0.1, 0.15) is 19.3 Å². The van der Waals surface area contributed by atoms with Crippen molar-refractivity contribution >= 4 is 34.2 Å². The molecule has 1 saturated heterocycles. The summed E-state index contributed by atoms with van der Waals surface area (Å²) in [5.74, 6) is 2.44. The molecular formula is C21H20N6S. The quantitative estimate of drug-likeness (QED) is 0.554. The monoisotopic (exact) mass is 388 g/mol. The Morgan fingerprint density at radius 1 is 1.00 bits per heavy atom. The molecule has 2 unspecified atom stereocenters. The molecular weight excluding hydrogens is 368 g/mol. The molecule has 6 rings (SSSR count). The van der Waals surface area contributed by atoms with Crippen molar-refractivity contribution in [3.8, 4) is 11.4 Å². The predicted octanol–water partition coefficient (Wildman–Crippen LogP) is 4.59. The van der Waals surface area contributed by atoms with E-state index in [2.05, 4.69) is 50.1 Å². The zero-order valence-electron chi connectivity index (χ0n) is 15.3. The van der Waals surface area contributed by atoms with Crippen LogP contribution in [0.25, 0.3) is 17.0 Å². The van der Waals surface area contributed by atoms with Crippen LogP contribution in [0.5, 0.6) is 0 Å². The lowest BCUT2D eigenvalue weighted by atomic mass is 10.1. The number of thiophene rings is 1. The van der Waals surface area contributed by atoms with Gasteiger partial charge in [0.2, 0.25) is 0 Å². The molecule has 2 fully saturated rings. The van der Waals surface area contributed by atoms with Crippen LogP contribution in [-0.2, 0) is 0 Å². The number of benzene rings is 1. The van der Waals surface area contributed by atoms with Crippen molar-refractivity contribution < 1.29 is 0 Å². The van der Waals surface area contributed by atoms with Crippen LogP contribution in [-0.4, -0.2) is 32.4 Å². The maximum atomic E-state index is 4.69. The number of nitrogens with one attached hydrogen (secondary N) is 1. The first-order chi connectivity index (χ1) is 13.8. The van der Waals surface area contributed by atoms with Gasteiger partial charge in [-0.15, -0.1) is 15.3 Å². The van der Waals surface area contributed by atoms with E-state index in [1.54, 1.807) is 15.9 Å². The Hall–Kier alpha value is -2.93. The van der Waals surface area contributed by atoms with Crippen LogP contribution in [0, 0.1) is 5.92 Å². The van der Waals surface area contributed by atoms with Gasteiger partial charge in [-0.25, -0.2) is 0 Å². The largest absolute Gasteiger partial charge is 0.368 e. The van der Waals surface area contributed by atoms with E-state index in [1.807, 2.05) is 23.6 Å². The van der Waals surface area contributed by atoms with Crippen LogP contribution in [0.15, 0.2) is 53.2 Å². The highest BCUT2D eigenvalue weighted by atomic mass is 32.1. The van der Waals surface area contributed by atoms with Gasteiger partial charge >= 0.3 is 0 Å². The van der Waals surface area contributed by atoms with E-state index in [9.17, 15) is 0 Å². The Labute approximate surface area is 166 Å². The van der Waals surface area contributed by atoms with Gasteiger partial charge in [-0.05, 0) is 73.0 Å². The third-order valence-electron chi connectivity index (χ3n) is 5.92. The minimum Gasteiger partial charge on any atom is -0.368 e. The number of aromatic nitrogens is 4. The molecule has 0 spiro atoms. The minimum atomic E-state index is 0.742. The van der Waals surface area contributed by atoms with Gasteiger partial charge in [0.15, 0.2) is 17.3 Å². The van der Waals surface area contributed by atoms with Crippen molar-refractivity contribution in [2.24, 2.45) is 5.92 Å². The molecule has 1 saturated carbocycles. The van der Waals surface area contributed by atoms with Crippen molar-refractivity contribution in [2.75, 3.05) is 16.8 Å². The van der Waals surface area contributed by atoms with E-state index in [0.29, 0.717) is 0 Å². The van der Waals surface area contributed by atoms with E-state index in [-0.39, 0.29) is 0 Å². The van der Waals surface area contributed by atoms with Gasteiger partial charge in [0, 0.05) is 34.9 Å². The number of rotatable bonds is 4. The second-order valence-corrected chi connectivity index (χ2v) is 8.46. The van der Waals surface area contributed by atoms with Crippen LogP contribution in [0.2, 0.25) is 0 Å². The summed E-state index contributed by atoms with van der Waals surface area (Å²) >= 11 is 1.64. The lowest BCUT2D eigenvalue weighted by Crippen LogP contribution is -2.31. The average molecular weight is 389 g/mol. The Kier molecular flexibility index (Phi) is 3.62. The van der Waals surface area contributed by atoms with E-state index < -0.39 is 0 Å². The third-order valence-corrected chi connectivity index (χ3v) is 6.61. The summed E-state index contributed by atoms with van der Waals surface area (Å²) in [6.45, 7) is 1.22. The van der Waals surface area contributed by atoms with E-state index in [0.717, 1.165) is 40.5 Å². The first-order valence-electron chi connectivity index (χ1n) is 9.72. The van der Waals surface area contributed by atoms with Gasteiger partial charge in [0.05, 0.1) is 0 Å². The molecule has 7 heteroatoms. The molecule has 6 nitrogen and oxygen atoms in total. The summed E-state index contributed by atoms with van der Waals surface area (Å²) in [5.41, 5.74) is 4.14. The summed E-state index contributed by atoms with van der Waals surface area (Å²) < 4.78 is 1.79. The number of hydrogen-bond acceptors (Lipinski definition) is 6. The second kappa shape index (κ2) is 6.31. The molecule has 28 heavy (non-hydrogen) atoms. The highest BCUT2D eigenvalue weighted by Crippen LogP contribution is 2.40. The molecule has 1 N–H and O–H groups in total. The Balaban J connectivity index is 1.25. The Morgan fingerprint density at radius 3 is 2.68 bits per heavy atom. The lowest BCUT2D eigenvalue weighted by molar-refractivity contribution is 0.553. The van der Waals surface area contributed by atoms with Crippen LogP contribution in [0.4, 0.5) is 17.2 Å². The first-order valence-corrected chi connectivity index (χ1v) is 10.7. The lowest BCUT2D eigenvalue weighted by Gasteiger charge is -2.29. The number of nitrogens with zero attached hydrogens (tertiary/aromatic N) is 5. The summed E-state index contributed by atoms with van der Waals surface area (Å²) in [6, 6.07) is 15.4. The van der Waals surface area contributed by atoms with Gasteiger partial charge in [0.25, 0.3) is 0 Å². The summed E-state index contributed by atoms with van der Waals surface area (Å²) in [7, 11) is 0. The average Bonchev–Trinajstić information content (AvgIpc) is 3.51.